The summed E-state index contributed by atoms with van der Waals surface area (Å²) in [5, 5.41) is 4.45. The molecule has 11 aromatic rings. The molecule has 2 aromatic heterocycles. The zero-order valence-electron chi connectivity index (χ0n) is 39.0. The molecule has 1 fully saturated rings. The summed E-state index contributed by atoms with van der Waals surface area (Å²) in [6.45, 7) is 7.23. The molecule has 1 saturated carbocycles. The fourth-order valence-corrected chi connectivity index (χ4v) is 13.5. The molecule has 4 aliphatic rings. The third-order valence-electron chi connectivity index (χ3n) is 16.8. The Morgan fingerprint density at radius 1 is 0.464 bits per heavy atom. The Bertz CT molecular complexity index is 3960. The van der Waals surface area contributed by atoms with E-state index in [1.165, 1.54) is 86.3 Å². The van der Waals surface area contributed by atoms with Crippen molar-refractivity contribution >= 4 is 112 Å². The number of anilines is 8. The summed E-state index contributed by atoms with van der Waals surface area (Å²) in [5.41, 5.74) is 21.7. The van der Waals surface area contributed by atoms with E-state index in [9.17, 15) is 0 Å². The molecular formula is C63H48BN3O2. The quantitative estimate of drug-likeness (QED) is 0.165. The van der Waals surface area contributed by atoms with Gasteiger partial charge in [-0.3, -0.25) is 0 Å². The van der Waals surface area contributed by atoms with Crippen LogP contribution in [0.15, 0.2) is 197 Å². The predicted octanol–water partition coefficient (Wildman–Crippen LogP) is 15.3. The molecule has 1 aliphatic carbocycles. The van der Waals surface area contributed by atoms with Gasteiger partial charge < -0.3 is 23.5 Å². The minimum absolute atomic E-state index is 0.0265. The fourth-order valence-electron chi connectivity index (χ4n) is 13.5. The molecule has 69 heavy (non-hydrogen) atoms. The van der Waals surface area contributed by atoms with Crippen LogP contribution in [0.2, 0.25) is 0 Å². The van der Waals surface area contributed by atoms with Crippen molar-refractivity contribution in [3.8, 4) is 11.1 Å². The van der Waals surface area contributed by atoms with E-state index in [2.05, 4.69) is 224 Å². The standard InChI is InChI=1S/C63H48BN3O2/c1-39-35-54-60-55(36-39)66(52-25-15-21-44-43-19-7-11-26-56(43)69-61(44)52)53-38-42(67-49-23-10-9-22-46(49)62(2)33-13-14-34-63(62,67)3)30-31-47(53)64(60)48-37-41(40-17-5-4-6-18-40)29-32-50(48)65(54)51-24-16-28-58-59(51)45-20-8-12-27-57(45)68-58/h4-12,15-32,35-38H,13-14,33-34H2,1-3H3. The van der Waals surface area contributed by atoms with Crippen molar-refractivity contribution in [1.82, 2.24) is 0 Å². The van der Waals surface area contributed by atoms with E-state index in [4.69, 9.17) is 8.83 Å². The van der Waals surface area contributed by atoms with Crippen LogP contribution in [0, 0.1) is 6.92 Å². The van der Waals surface area contributed by atoms with Crippen molar-refractivity contribution in [2.75, 3.05) is 14.7 Å². The van der Waals surface area contributed by atoms with E-state index in [-0.39, 0.29) is 17.7 Å². The highest BCUT2D eigenvalue weighted by Gasteiger charge is 2.58. The van der Waals surface area contributed by atoms with Crippen molar-refractivity contribution in [2.24, 2.45) is 0 Å². The Morgan fingerprint density at radius 3 is 1.99 bits per heavy atom. The van der Waals surface area contributed by atoms with Crippen LogP contribution < -0.4 is 31.1 Å². The third-order valence-corrected chi connectivity index (χ3v) is 16.8. The molecule has 0 saturated heterocycles. The van der Waals surface area contributed by atoms with Gasteiger partial charge in [0, 0.05) is 55.7 Å². The van der Waals surface area contributed by atoms with Crippen molar-refractivity contribution < 1.29 is 8.83 Å². The van der Waals surface area contributed by atoms with Crippen molar-refractivity contribution in [3.63, 3.8) is 0 Å². The van der Waals surface area contributed by atoms with E-state index < -0.39 is 0 Å². The van der Waals surface area contributed by atoms with E-state index in [0.717, 1.165) is 67.4 Å². The lowest BCUT2D eigenvalue weighted by molar-refractivity contribution is 0.195. The van der Waals surface area contributed by atoms with Gasteiger partial charge in [-0.25, -0.2) is 0 Å². The van der Waals surface area contributed by atoms with E-state index >= 15 is 0 Å². The lowest BCUT2D eigenvalue weighted by Crippen LogP contribution is -2.61. The number of para-hydroxylation sites is 4. The Balaban J connectivity index is 1.05. The summed E-state index contributed by atoms with van der Waals surface area (Å²) in [4.78, 5) is 7.80. The van der Waals surface area contributed by atoms with Crippen LogP contribution in [0.4, 0.5) is 45.5 Å². The molecule has 0 radical (unpaired) electrons. The molecule has 330 valence electrons. The SMILES string of the molecule is Cc1cc2c3c(c1)N(c1cccc4oc5ccccc5c14)c1ccc(-c4ccccc4)cc1B3c1ccc(N3c4ccccc4C4(C)CCCCC34C)cc1N2c1cccc2c1oc1ccccc12. The average molecular weight is 890 g/mol. The molecule has 5 nitrogen and oxygen atoms in total. The van der Waals surface area contributed by atoms with Gasteiger partial charge in [0.25, 0.3) is 6.71 Å². The summed E-state index contributed by atoms with van der Waals surface area (Å²) < 4.78 is 13.6. The number of nitrogens with zero attached hydrogens (tertiary/aromatic N) is 3. The molecule has 9 aromatic carbocycles. The Hall–Kier alpha value is -7.96. The molecule has 0 N–H and O–H groups in total. The molecule has 3 aliphatic heterocycles. The second-order valence-electron chi connectivity index (χ2n) is 20.4. The van der Waals surface area contributed by atoms with Crippen LogP contribution in [-0.2, 0) is 5.41 Å². The molecule has 0 bridgehead atoms. The first-order valence-electron chi connectivity index (χ1n) is 24.7. The number of furan rings is 2. The minimum atomic E-state index is -0.0934. The van der Waals surface area contributed by atoms with Crippen molar-refractivity contribution in [1.29, 1.82) is 0 Å². The van der Waals surface area contributed by atoms with Gasteiger partial charge in [-0.1, -0.05) is 141 Å². The Kier molecular flexibility index (Phi) is 7.96. The second kappa shape index (κ2) is 14.1. The first kappa shape index (κ1) is 39.1. The zero-order chi connectivity index (χ0) is 45.8. The lowest BCUT2D eigenvalue weighted by atomic mass is 9.33. The number of rotatable bonds is 4. The van der Waals surface area contributed by atoms with Crippen molar-refractivity contribution in [3.05, 3.63) is 199 Å². The van der Waals surface area contributed by atoms with Crippen LogP contribution in [0.3, 0.4) is 0 Å². The molecule has 15 rings (SSSR count). The van der Waals surface area contributed by atoms with Gasteiger partial charge in [0.05, 0.1) is 22.3 Å². The van der Waals surface area contributed by atoms with Crippen LogP contribution in [-0.4, -0.2) is 12.3 Å². The van der Waals surface area contributed by atoms with Gasteiger partial charge in [-0.05, 0) is 132 Å². The molecule has 0 spiro atoms. The van der Waals surface area contributed by atoms with Crippen LogP contribution in [0.1, 0.15) is 50.7 Å². The summed E-state index contributed by atoms with van der Waals surface area (Å²) in [5.74, 6) is 0. The maximum absolute atomic E-state index is 6.99. The second-order valence-corrected chi connectivity index (χ2v) is 20.4. The summed E-state index contributed by atoms with van der Waals surface area (Å²) in [6.07, 6.45) is 4.79. The van der Waals surface area contributed by atoms with Crippen molar-refractivity contribution in [2.45, 2.75) is 57.4 Å². The fraction of sp³-hybridized carbons (Fsp3) is 0.143. The smallest absolute Gasteiger partial charge is 0.252 e. The summed E-state index contributed by atoms with van der Waals surface area (Å²) in [7, 11) is 0. The zero-order valence-corrected chi connectivity index (χ0v) is 39.0. The number of hydrogen-bond acceptors (Lipinski definition) is 5. The summed E-state index contributed by atoms with van der Waals surface area (Å²) in [6, 6.07) is 69.6. The molecule has 2 unspecified atom stereocenters. The molecular weight excluding hydrogens is 842 g/mol. The largest absolute Gasteiger partial charge is 0.456 e. The predicted molar refractivity (Wildman–Crippen MR) is 288 cm³/mol. The molecule has 5 heterocycles. The maximum atomic E-state index is 6.99. The molecule has 2 atom stereocenters. The summed E-state index contributed by atoms with van der Waals surface area (Å²) >= 11 is 0. The van der Waals surface area contributed by atoms with Gasteiger partial charge >= 0.3 is 0 Å². The number of hydrogen-bond donors (Lipinski definition) is 0. The van der Waals surface area contributed by atoms with Crippen LogP contribution in [0.25, 0.3) is 55.0 Å². The van der Waals surface area contributed by atoms with E-state index in [0.29, 0.717) is 0 Å². The van der Waals surface area contributed by atoms with Gasteiger partial charge in [0.1, 0.15) is 16.7 Å². The van der Waals surface area contributed by atoms with E-state index in [1.807, 2.05) is 0 Å². The van der Waals surface area contributed by atoms with Gasteiger partial charge in [0.2, 0.25) is 0 Å². The average Bonchev–Trinajstić information content (AvgIpc) is 4.03. The maximum Gasteiger partial charge on any atom is 0.252 e. The highest BCUT2D eigenvalue weighted by atomic mass is 16.3. The topological polar surface area (TPSA) is 36.0 Å². The molecule has 6 heteroatoms. The first-order valence-corrected chi connectivity index (χ1v) is 24.7. The normalized spacial score (nSPS) is 19.0. The molecule has 0 amide bonds. The van der Waals surface area contributed by atoms with Crippen LogP contribution in [0.5, 0.6) is 0 Å². The third kappa shape index (κ3) is 5.21. The van der Waals surface area contributed by atoms with Crippen LogP contribution >= 0.6 is 0 Å². The Morgan fingerprint density at radius 2 is 1.13 bits per heavy atom. The number of benzene rings is 9. The lowest BCUT2D eigenvalue weighted by Gasteiger charge is -2.50. The number of aryl methyl sites for hydroxylation is 1. The Labute approximate surface area is 401 Å². The van der Waals surface area contributed by atoms with Gasteiger partial charge in [-0.15, -0.1) is 0 Å². The van der Waals surface area contributed by atoms with Gasteiger partial charge in [-0.2, -0.15) is 0 Å². The van der Waals surface area contributed by atoms with Gasteiger partial charge in [0.15, 0.2) is 5.58 Å². The number of fused-ring (bicyclic) bond motifs is 13. The minimum Gasteiger partial charge on any atom is -0.456 e. The first-order chi connectivity index (χ1) is 33.9. The highest BCUT2D eigenvalue weighted by molar-refractivity contribution is 7.00. The monoisotopic (exact) mass is 889 g/mol. The van der Waals surface area contributed by atoms with E-state index in [1.54, 1.807) is 0 Å². The highest BCUT2D eigenvalue weighted by Crippen LogP contribution is 2.61.